The van der Waals surface area contributed by atoms with Crippen molar-refractivity contribution in [3.05, 3.63) is 0 Å². The highest BCUT2D eigenvalue weighted by Gasteiger charge is 2.78. The van der Waals surface area contributed by atoms with Crippen LogP contribution in [0.4, 0.5) is 0 Å². The van der Waals surface area contributed by atoms with Crippen LogP contribution in [0.3, 0.4) is 0 Å². The van der Waals surface area contributed by atoms with Gasteiger partial charge < -0.3 is 14.2 Å². The Labute approximate surface area is 88.9 Å². The summed E-state index contributed by atoms with van der Waals surface area (Å²) in [6, 6.07) is 0. The molecule has 1 spiro atoms. The number of carbonyl (C=O) groups is 1. The molecule has 1 aliphatic carbocycles. The summed E-state index contributed by atoms with van der Waals surface area (Å²) in [6.45, 7) is 0.562. The molecule has 2 aliphatic heterocycles. The number of carbonyl (C=O) groups excluding carboxylic acids is 1. The zero-order valence-corrected chi connectivity index (χ0v) is 8.95. The van der Waals surface area contributed by atoms with Crippen LogP contribution >= 0.6 is 0 Å². The maximum Gasteiger partial charge on any atom is 0.308 e. The summed E-state index contributed by atoms with van der Waals surface area (Å²) in [7, 11) is 1.42. The van der Waals surface area contributed by atoms with E-state index < -0.39 is 0 Å². The molecule has 0 unspecified atom stereocenters. The van der Waals surface area contributed by atoms with E-state index in [9.17, 15) is 4.79 Å². The van der Waals surface area contributed by atoms with Crippen LogP contribution in [0.5, 0.6) is 0 Å². The van der Waals surface area contributed by atoms with E-state index in [-0.39, 0.29) is 23.3 Å². The van der Waals surface area contributed by atoms with Crippen molar-refractivity contribution in [1.82, 2.24) is 0 Å². The zero-order valence-electron chi connectivity index (χ0n) is 8.95. The Hall–Kier alpha value is -0.610. The van der Waals surface area contributed by atoms with Crippen LogP contribution in [-0.2, 0) is 19.0 Å². The zero-order chi connectivity index (χ0) is 10.5. The summed E-state index contributed by atoms with van der Waals surface area (Å²) in [5.74, 6) is -0.193. The van der Waals surface area contributed by atoms with Crippen LogP contribution in [0.25, 0.3) is 0 Å². The molecular weight excluding hydrogens is 196 g/mol. The molecule has 0 aromatic rings. The molecule has 2 heterocycles. The largest absolute Gasteiger partial charge is 0.469 e. The first kappa shape index (κ1) is 9.60. The van der Waals surface area contributed by atoms with E-state index in [0.717, 1.165) is 12.8 Å². The van der Waals surface area contributed by atoms with Crippen LogP contribution in [0, 0.1) is 0 Å². The van der Waals surface area contributed by atoms with E-state index in [2.05, 4.69) is 0 Å². The van der Waals surface area contributed by atoms with E-state index in [4.69, 9.17) is 14.2 Å². The van der Waals surface area contributed by atoms with Gasteiger partial charge in [-0.15, -0.1) is 0 Å². The van der Waals surface area contributed by atoms with Crippen LogP contribution in [-0.4, -0.2) is 37.0 Å². The lowest BCUT2D eigenvalue weighted by atomic mass is 9.79. The van der Waals surface area contributed by atoms with Crippen molar-refractivity contribution in [2.24, 2.45) is 0 Å². The predicted molar refractivity (Wildman–Crippen MR) is 51.4 cm³/mol. The summed E-state index contributed by atoms with van der Waals surface area (Å²) in [5, 5.41) is 0. The molecule has 0 radical (unpaired) electrons. The molecule has 4 heteroatoms. The molecule has 4 nitrogen and oxygen atoms in total. The van der Waals surface area contributed by atoms with Gasteiger partial charge in [0.15, 0.2) is 0 Å². The molecule has 0 amide bonds. The number of rotatable bonds is 2. The Morgan fingerprint density at radius 2 is 2.40 bits per heavy atom. The van der Waals surface area contributed by atoms with Crippen molar-refractivity contribution in [3.8, 4) is 0 Å². The fraction of sp³-hybridized carbons (Fsp3) is 0.909. The first-order chi connectivity index (χ1) is 7.22. The number of ether oxygens (including phenoxy) is 3. The monoisotopic (exact) mass is 212 g/mol. The van der Waals surface area contributed by atoms with Crippen molar-refractivity contribution in [1.29, 1.82) is 0 Å². The molecule has 3 aliphatic rings. The van der Waals surface area contributed by atoms with Gasteiger partial charge in [0.05, 0.1) is 26.2 Å². The SMILES string of the molecule is COC(=O)C[C@]12CO[C@@H]3CCCC[C@@]31O2. The molecule has 2 saturated heterocycles. The lowest BCUT2D eigenvalue weighted by molar-refractivity contribution is -0.142. The number of hydrogen-bond acceptors (Lipinski definition) is 4. The number of hydrogen-bond donors (Lipinski definition) is 0. The summed E-state index contributed by atoms with van der Waals surface area (Å²) >= 11 is 0. The standard InChI is InChI=1S/C11H16O4/c1-13-9(12)6-10-7-14-8-4-2-3-5-11(8,10)15-10/h8H,2-7H2,1H3/t8-,10+,11-/m1/s1. The molecule has 84 valence electrons. The third kappa shape index (κ3) is 1.12. The second-order valence-electron chi connectivity index (χ2n) is 4.78. The molecule has 15 heavy (non-hydrogen) atoms. The van der Waals surface area contributed by atoms with E-state index in [0.29, 0.717) is 13.0 Å². The van der Waals surface area contributed by atoms with Crippen molar-refractivity contribution in [3.63, 3.8) is 0 Å². The number of esters is 1. The normalized spacial score (nSPS) is 46.9. The molecule has 1 saturated carbocycles. The Morgan fingerprint density at radius 1 is 1.53 bits per heavy atom. The van der Waals surface area contributed by atoms with Crippen molar-refractivity contribution >= 4 is 5.97 Å². The van der Waals surface area contributed by atoms with Gasteiger partial charge in [0, 0.05) is 0 Å². The fourth-order valence-electron chi connectivity index (χ4n) is 3.22. The summed E-state index contributed by atoms with van der Waals surface area (Å²) in [6.07, 6.45) is 5.07. The minimum atomic E-state index is -0.342. The summed E-state index contributed by atoms with van der Waals surface area (Å²) in [5.41, 5.74) is -0.482. The maximum atomic E-state index is 11.3. The highest BCUT2D eigenvalue weighted by atomic mass is 16.7. The minimum absolute atomic E-state index is 0.139. The number of epoxide rings is 1. The second-order valence-corrected chi connectivity index (χ2v) is 4.78. The summed E-state index contributed by atoms with van der Waals surface area (Å²) < 4.78 is 16.3. The minimum Gasteiger partial charge on any atom is -0.469 e. The number of methoxy groups -OCH3 is 1. The molecule has 3 atom stereocenters. The lowest BCUT2D eigenvalue weighted by Gasteiger charge is -2.24. The lowest BCUT2D eigenvalue weighted by Crippen LogP contribution is -2.35. The van der Waals surface area contributed by atoms with Gasteiger partial charge in [0.25, 0.3) is 0 Å². The topological polar surface area (TPSA) is 48.1 Å². The van der Waals surface area contributed by atoms with E-state index in [1.807, 2.05) is 0 Å². The molecule has 0 aromatic carbocycles. The molecule has 0 aromatic heterocycles. The molecule has 0 N–H and O–H groups in total. The smallest absolute Gasteiger partial charge is 0.308 e. The van der Waals surface area contributed by atoms with E-state index in [1.165, 1.54) is 20.0 Å². The van der Waals surface area contributed by atoms with Crippen molar-refractivity contribution in [2.75, 3.05) is 13.7 Å². The van der Waals surface area contributed by atoms with E-state index >= 15 is 0 Å². The average Bonchev–Trinajstić information content (AvgIpc) is 2.75. The maximum absolute atomic E-state index is 11.3. The van der Waals surface area contributed by atoms with Crippen molar-refractivity contribution in [2.45, 2.75) is 49.4 Å². The van der Waals surface area contributed by atoms with Gasteiger partial charge in [-0.1, -0.05) is 12.8 Å². The Morgan fingerprint density at radius 3 is 3.20 bits per heavy atom. The third-order valence-corrected chi connectivity index (χ3v) is 4.07. The quantitative estimate of drug-likeness (QED) is 0.506. The van der Waals surface area contributed by atoms with Gasteiger partial charge in [-0.2, -0.15) is 0 Å². The highest BCUT2D eigenvalue weighted by Crippen LogP contribution is 2.63. The molecule has 3 rings (SSSR count). The van der Waals surface area contributed by atoms with Crippen molar-refractivity contribution < 1.29 is 19.0 Å². The van der Waals surface area contributed by atoms with Crippen LogP contribution in [0.1, 0.15) is 32.1 Å². The summed E-state index contributed by atoms with van der Waals surface area (Å²) in [4.78, 5) is 11.3. The fourth-order valence-corrected chi connectivity index (χ4v) is 3.22. The second kappa shape index (κ2) is 2.95. The van der Waals surface area contributed by atoms with Crippen LogP contribution in [0.2, 0.25) is 0 Å². The first-order valence-electron chi connectivity index (χ1n) is 5.61. The highest BCUT2D eigenvalue weighted by molar-refractivity contribution is 5.72. The van der Waals surface area contributed by atoms with Gasteiger partial charge in [-0.25, -0.2) is 0 Å². The average molecular weight is 212 g/mol. The van der Waals surface area contributed by atoms with Gasteiger partial charge in [-0.3, -0.25) is 4.79 Å². The van der Waals surface area contributed by atoms with E-state index in [1.54, 1.807) is 0 Å². The molecule has 0 bridgehead atoms. The Kier molecular flexibility index (Phi) is 1.89. The Balaban J connectivity index is 1.77. The van der Waals surface area contributed by atoms with Crippen LogP contribution < -0.4 is 0 Å². The molecular formula is C11H16O4. The first-order valence-corrected chi connectivity index (χ1v) is 5.61. The molecule has 3 fully saturated rings. The van der Waals surface area contributed by atoms with Gasteiger partial charge >= 0.3 is 5.97 Å². The van der Waals surface area contributed by atoms with Gasteiger partial charge in [0.2, 0.25) is 0 Å². The predicted octanol–water partition coefficient (Wildman–Crippen LogP) is 1.03. The van der Waals surface area contributed by atoms with Gasteiger partial charge in [-0.05, 0) is 12.8 Å². The van der Waals surface area contributed by atoms with Gasteiger partial charge in [0.1, 0.15) is 11.2 Å². The third-order valence-electron chi connectivity index (χ3n) is 4.07. The van der Waals surface area contributed by atoms with Crippen LogP contribution in [0.15, 0.2) is 0 Å². The Bertz CT molecular complexity index is 303.